The fraction of sp³-hybridized carbons (Fsp3) is 0.593. The molecule has 0 spiro atoms. The smallest absolute Gasteiger partial charge is 0.252 e. The minimum Gasteiger partial charge on any atom is -0.396 e. The maximum Gasteiger partial charge on any atom is 0.252 e. The number of aliphatic hydroxyl groups is 2. The Kier molecular flexibility index (Phi) is 7.85. The van der Waals surface area contributed by atoms with Gasteiger partial charge in [-0.05, 0) is 43.1 Å². The van der Waals surface area contributed by atoms with Gasteiger partial charge in [0.2, 0.25) is 5.91 Å². The van der Waals surface area contributed by atoms with Gasteiger partial charge in [-0.15, -0.1) is 11.3 Å². The SMILES string of the molecule is COCC(=O)Nc1nc2c(s1)CC1C(C)(CO)C(O)CCC1(C)C2CC(=O)NC(C)c1ccccc1. The number of fused-ring (bicyclic) bond motifs is 2. The van der Waals surface area contributed by atoms with Gasteiger partial charge in [0.25, 0.3) is 5.91 Å². The summed E-state index contributed by atoms with van der Waals surface area (Å²) in [6.45, 7) is 5.88. The van der Waals surface area contributed by atoms with Crippen LogP contribution in [-0.4, -0.2) is 53.4 Å². The molecule has 6 unspecified atom stereocenters. The second-order valence-corrected chi connectivity index (χ2v) is 11.8. The quantitative estimate of drug-likeness (QED) is 0.428. The van der Waals surface area contributed by atoms with Crippen molar-refractivity contribution in [1.82, 2.24) is 10.3 Å². The molecule has 0 aliphatic heterocycles. The van der Waals surface area contributed by atoms with Crippen molar-refractivity contribution in [2.45, 2.75) is 64.5 Å². The number of rotatable bonds is 8. The first-order valence-corrected chi connectivity index (χ1v) is 13.4. The average molecular weight is 516 g/mol. The number of benzene rings is 1. The number of carbonyl (C=O) groups is 2. The number of nitrogens with zero attached hydrogens (tertiary/aromatic N) is 1. The highest BCUT2D eigenvalue weighted by molar-refractivity contribution is 7.15. The Bertz CT molecular complexity index is 1090. The average Bonchev–Trinajstić information content (AvgIpc) is 3.25. The highest BCUT2D eigenvalue weighted by atomic mass is 32.1. The number of carbonyl (C=O) groups excluding carboxylic acids is 2. The zero-order valence-corrected chi connectivity index (χ0v) is 22.2. The molecule has 4 N–H and O–H groups in total. The summed E-state index contributed by atoms with van der Waals surface area (Å²) in [5.74, 6) is -0.608. The van der Waals surface area contributed by atoms with Gasteiger partial charge >= 0.3 is 0 Å². The van der Waals surface area contributed by atoms with Crippen LogP contribution in [0.5, 0.6) is 0 Å². The number of hydrogen-bond donors (Lipinski definition) is 4. The first-order valence-electron chi connectivity index (χ1n) is 12.5. The summed E-state index contributed by atoms with van der Waals surface area (Å²) < 4.78 is 4.93. The van der Waals surface area contributed by atoms with Crippen LogP contribution in [0.4, 0.5) is 5.13 Å². The molecule has 2 amide bonds. The maximum absolute atomic E-state index is 13.4. The van der Waals surface area contributed by atoms with Crippen molar-refractivity contribution in [3.05, 3.63) is 46.5 Å². The molecule has 2 aliphatic rings. The van der Waals surface area contributed by atoms with E-state index in [2.05, 4.69) is 17.6 Å². The Morgan fingerprint density at radius 2 is 1.97 bits per heavy atom. The number of amides is 2. The molecule has 9 heteroatoms. The van der Waals surface area contributed by atoms with Crippen LogP contribution in [0.1, 0.15) is 68.1 Å². The fourth-order valence-corrected chi connectivity index (χ4v) is 7.38. The first kappa shape index (κ1) is 26.7. The number of methoxy groups -OCH3 is 1. The number of aromatic nitrogens is 1. The number of anilines is 1. The lowest BCUT2D eigenvalue weighted by atomic mass is 9.47. The van der Waals surface area contributed by atoms with Crippen molar-refractivity contribution in [2.24, 2.45) is 16.7 Å². The summed E-state index contributed by atoms with van der Waals surface area (Å²) in [6.07, 6.45) is 1.53. The van der Waals surface area contributed by atoms with Crippen LogP contribution in [0.25, 0.3) is 0 Å². The molecule has 2 aliphatic carbocycles. The van der Waals surface area contributed by atoms with Crippen LogP contribution < -0.4 is 10.6 Å². The zero-order valence-electron chi connectivity index (χ0n) is 21.4. The predicted molar refractivity (Wildman–Crippen MR) is 139 cm³/mol. The summed E-state index contributed by atoms with van der Waals surface area (Å²) >= 11 is 1.40. The van der Waals surface area contributed by atoms with Crippen molar-refractivity contribution in [3.63, 3.8) is 0 Å². The fourth-order valence-electron chi connectivity index (χ4n) is 6.30. The standard InChI is InChI=1S/C27H37N3O5S/c1-16(17-8-6-5-7-9-17)28-22(33)12-18-24-19(36-25(30-24)29-23(34)14-35-4)13-20-26(18,2)11-10-21(32)27(20,3)15-31/h5-9,16,18,20-21,31-32H,10-15H2,1-4H3,(H,28,33)(H,29,30,34). The van der Waals surface area contributed by atoms with E-state index in [1.165, 1.54) is 18.4 Å². The summed E-state index contributed by atoms with van der Waals surface area (Å²) in [5.41, 5.74) is 0.828. The number of ether oxygens (including phenoxy) is 1. The van der Waals surface area contributed by atoms with Crippen LogP contribution in [-0.2, 0) is 20.7 Å². The minimum atomic E-state index is -0.694. The van der Waals surface area contributed by atoms with Gasteiger partial charge in [-0.2, -0.15) is 0 Å². The number of thiazole rings is 1. The monoisotopic (exact) mass is 515 g/mol. The van der Waals surface area contributed by atoms with Crippen molar-refractivity contribution in [2.75, 3.05) is 25.6 Å². The van der Waals surface area contributed by atoms with Gasteiger partial charge in [0.1, 0.15) is 6.61 Å². The van der Waals surface area contributed by atoms with Crippen molar-refractivity contribution in [3.8, 4) is 0 Å². The Hall–Kier alpha value is -2.33. The van der Waals surface area contributed by atoms with E-state index in [1.54, 1.807) is 0 Å². The molecule has 4 rings (SSSR count). The van der Waals surface area contributed by atoms with Gasteiger partial charge < -0.3 is 20.3 Å². The van der Waals surface area contributed by atoms with Crippen LogP contribution in [0.2, 0.25) is 0 Å². The largest absolute Gasteiger partial charge is 0.396 e. The molecule has 1 aromatic heterocycles. The van der Waals surface area contributed by atoms with Gasteiger partial charge in [0.05, 0.1) is 24.4 Å². The molecule has 0 saturated heterocycles. The second kappa shape index (κ2) is 10.6. The second-order valence-electron chi connectivity index (χ2n) is 10.7. The highest BCUT2D eigenvalue weighted by Gasteiger charge is 2.59. The lowest BCUT2D eigenvalue weighted by Gasteiger charge is -2.58. The van der Waals surface area contributed by atoms with E-state index >= 15 is 0 Å². The molecule has 8 nitrogen and oxygen atoms in total. The Balaban J connectivity index is 1.66. The van der Waals surface area contributed by atoms with Crippen molar-refractivity contribution in [1.29, 1.82) is 0 Å². The van der Waals surface area contributed by atoms with Gasteiger partial charge in [-0.1, -0.05) is 44.2 Å². The van der Waals surface area contributed by atoms with E-state index in [-0.39, 0.29) is 54.7 Å². The van der Waals surface area contributed by atoms with E-state index < -0.39 is 11.5 Å². The molecule has 0 radical (unpaired) electrons. The third-order valence-electron chi connectivity index (χ3n) is 8.48. The van der Waals surface area contributed by atoms with E-state index in [4.69, 9.17) is 9.72 Å². The first-order chi connectivity index (χ1) is 17.1. The molecule has 1 saturated carbocycles. The third-order valence-corrected chi connectivity index (χ3v) is 9.49. The van der Waals surface area contributed by atoms with Crippen LogP contribution in [0.3, 0.4) is 0 Å². The lowest BCUT2D eigenvalue weighted by Crippen LogP contribution is -2.57. The Labute approximate surface area is 216 Å². The summed E-state index contributed by atoms with van der Waals surface area (Å²) in [4.78, 5) is 31.3. The minimum absolute atomic E-state index is 0.0430. The molecule has 36 heavy (non-hydrogen) atoms. The highest BCUT2D eigenvalue weighted by Crippen LogP contribution is 2.62. The molecule has 0 bridgehead atoms. The van der Waals surface area contributed by atoms with Crippen LogP contribution in [0, 0.1) is 16.7 Å². The van der Waals surface area contributed by atoms with Crippen molar-refractivity contribution < 1.29 is 24.5 Å². The molecular formula is C27H37N3O5S. The maximum atomic E-state index is 13.4. The molecule has 196 valence electrons. The normalized spacial score (nSPS) is 30.1. The van der Waals surface area contributed by atoms with E-state index in [1.807, 2.05) is 44.2 Å². The summed E-state index contributed by atoms with van der Waals surface area (Å²) in [6, 6.07) is 9.70. The van der Waals surface area contributed by atoms with E-state index in [0.717, 1.165) is 22.6 Å². The van der Waals surface area contributed by atoms with Gasteiger partial charge in [0.15, 0.2) is 5.13 Å². The summed E-state index contributed by atoms with van der Waals surface area (Å²) in [7, 11) is 1.46. The predicted octanol–water partition coefficient (Wildman–Crippen LogP) is 3.41. The molecule has 6 atom stereocenters. The lowest BCUT2D eigenvalue weighted by molar-refractivity contribution is -0.144. The Morgan fingerprint density at radius 1 is 1.25 bits per heavy atom. The van der Waals surface area contributed by atoms with E-state index in [9.17, 15) is 19.8 Å². The molecule has 1 heterocycles. The summed E-state index contributed by atoms with van der Waals surface area (Å²) in [5, 5.41) is 27.7. The van der Waals surface area contributed by atoms with Crippen LogP contribution >= 0.6 is 11.3 Å². The zero-order chi connectivity index (χ0) is 26.1. The Morgan fingerprint density at radius 3 is 2.64 bits per heavy atom. The van der Waals surface area contributed by atoms with Gasteiger partial charge in [-0.3, -0.25) is 14.9 Å². The number of aliphatic hydroxyl groups excluding tert-OH is 2. The van der Waals surface area contributed by atoms with Gasteiger partial charge in [0, 0.05) is 29.7 Å². The molecule has 1 aromatic carbocycles. The topological polar surface area (TPSA) is 121 Å². The molecular weight excluding hydrogens is 478 g/mol. The van der Waals surface area contributed by atoms with E-state index in [0.29, 0.717) is 18.0 Å². The number of hydrogen-bond acceptors (Lipinski definition) is 7. The molecule has 1 fully saturated rings. The van der Waals surface area contributed by atoms with Crippen molar-refractivity contribution >= 4 is 28.3 Å². The van der Waals surface area contributed by atoms with Gasteiger partial charge in [-0.25, -0.2) is 4.98 Å². The third kappa shape index (κ3) is 4.94. The molecule has 2 aromatic rings. The van der Waals surface area contributed by atoms with Crippen LogP contribution in [0.15, 0.2) is 30.3 Å². The number of nitrogens with one attached hydrogen (secondary N) is 2.